The number of nitrogens with one attached hydrogen (secondary N) is 1. The van der Waals surface area contributed by atoms with E-state index in [2.05, 4.69) is 26.3 Å². The van der Waals surface area contributed by atoms with Gasteiger partial charge in [0.25, 0.3) is 0 Å². The molecule has 0 aliphatic heterocycles. The number of rotatable bonds is 5. The minimum absolute atomic E-state index is 0.0196. The molecule has 0 saturated heterocycles. The SMILES string of the molecule is NNC(Cc1cccnc1)Cc1c(F)ccc(Br)c1F. The fourth-order valence-corrected chi connectivity index (χ4v) is 2.37. The van der Waals surface area contributed by atoms with Crippen molar-refractivity contribution in [2.24, 2.45) is 5.84 Å². The van der Waals surface area contributed by atoms with Crippen LogP contribution in [0.15, 0.2) is 41.1 Å². The zero-order valence-electron chi connectivity index (χ0n) is 10.6. The molecule has 0 amide bonds. The maximum absolute atomic E-state index is 13.9. The van der Waals surface area contributed by atoms with Crippen molar-refractivity contribution in [2.45, 2.75) is 18.9 Å². The Morgan fingerprint density at radius 3 is 2.70 bits per heavy atom. The number of nitrogens with two attached hydrogens (primary N) is 1. The smallest absolute Gasteiger partial charge is 0.143 e. The van der Waals surface area contributed by atoms with Crippen LogP contribution in [0.1, 0.15) is 11.1 Å². The quantitative estimate of drug-likeness (QED) is 0.499. The third-order valence-corrected chi connectivity index (χ3v) is 3.64. The van der Waals surface area contributed by atoms with Crippen LogP contribution in [0.25, 0.3) is 0 Å². The van der Waals surface area contributed by atoms with Gasteiger partial charge in [0, 0.05) is 24.0 Å². The third kappa shape index (κ3) is 3.59. The van der Waals surface area contributed by atoms with Gasteiger partial charge in [-0.15, -0.1) is 0 Å². The highest BCUT2D eigenvalue weighted by Gasteiger charge is 2.17. The topological polar surface area (TPSA) is 50.9 Å². The molecule has 0 fully saturated rings. The fraction of sp³-hybridized carbons (Fsp3) is 0.214. The van der Waals surface area contributed by atoms with E-state index < -0.39 is 11.6 Å². The lowest BCUT2D eigenvalue weighted by molar-refractivity contribution is 0.482. The monoisotopic (exact) mass is 341 g/mol. The van der Waals surface area contributed by atoms with E-state index in [0.29, 0.717) is 6.42 Å². The Hall–Kier alpha value is -1.37. The summed E-state index contributed by atoms with van der Waals surface area (Å²) in [6, 6.07) is 6.01. The summed E-state index contributed by atoms with van der Waals surface area (Å²) >= 11 is 3.06. The Labute approximate surface area is 124 Å². The van der Waals surface area contributed by atoms with Gasteiger partial charge in [-0.25, -0.2) is 8.78 Å². The first kappa shape index (κ1) is 15.0. The van der Waals surface area contributed by atoms with Crippen molar-refractivity contribution in [3.8, 4) is 0 Å². The highest BCUT2D eigenvalue weighted by Crippen LogP contribution is 2.23. The second-order valence-corrected chi connectivity index (χ2v) is 5.31. The van der Waals surface area contributed by atoms with Crippen molar-refractivity contribution in [1.82, 2.24) is 10.4 Å². The molecule has 2 rings (SSSR count). The second-order valence-electron chi connectivity index (χ2n) is 4.45. The number of pyridine rings is 1. The molecule has 3 N–H and O–H groups in total. The van der Waals surface area contributed by atoms with Gasteiger partial charge in [-0.3, -0.25) is 16.3 Å². The Bertz CT molecular complexity index is 578. The van der Waals surface area contributed by atoms with Crippen LogP contribution in [-0.4, -0.2) is 11.0 Å². The van der Waals surface area contributed by atoms with Crippen LogP contribution in [-0.2, 0) is 12.8 Å². The van der Waals surface area contributed by atoms with Gasteiger partial charge in [-0.2, -0.15) is 0 Å². The van der Waals surface area contributed by atoms with E-state index in [1.165, 1.54) is 12.1 Å². The third-order valence-electron chi connectivity index (χ3n) is 3.03. The van der Waals surface area contributed by atoms with Crippen LogP contribution < -0.4 is 11.3 Å². The largest absolute Gasteiger partial charge is 0.271 e. The Kier molecular flexibility index (Phi) is 5.17. The van der Waals surface area contributed by atoms with E-state index in [4.69, 9.17) is 5.84 Å². The molecule has 106 valence electrons. The van der Waals surface area contributed by atoms with Gasteiger partial charge in [-0.05, 0) is 52.5 Å². The zero-order valence-corrected chi connectivity index (χ0v) is 12.2. The summed E-state index contributed by atoms with van der Waals surface area (Å²) in [6.07, 6.45) is 4.07. The molecule has 3 nitrogen and oxygen atoms in total. The van der Waals surface area contributed by atoms with Crippen molar-refractivity contribution >= 4 is 15.9 Å². The average Bonchev–Trinajstić information content (AvgIpc) is 2.47. The van der Waals surface area contributed by atoms with Crippen molar-refractivity contribution in [1.29, 1.82) is 0 Å². The number of nitrogens with zero attached hydrogens (tertiary/aromatic N) is 1. The summed E-state index contributed by atoms with van der Waals surface area (Å²) in [6.45, 7) is 0. The first-order chi connectivity index (χ1) is 9.61. The summed E-state index contributed by atoms with van der Waals surface area (Å²) in [5.41, 5.74) is 3.57. The second kappa shape index (κ2) is 6.88. The normalized spacial score (nSPS) is 12.4. The molecule has 6 heteroatoms. The summed E-state index contributed by atoms with van der Waals surface area (Å²) in [5, 5.41) is 0. The number of halogens is 3. The Morgan fingerprint density at radius 1 is 1.25 bits per heavy atom. The minimum atomic E-state index is -0.587. The minimum Gasteiger partial charge on any atom is -0.271 e. The number of aromatic nitrogens is 1. The number of benzene rings is 1. The molecular weight excluding hydrogens is 328 g/mol. The molecule has 0 spiro atoms. The van der Waals surface area contributed by atoms with E-state index in [9.17, 15) is 8.78 Å². The lowest BCUT2D eigenvalue weighted by Crippen LogP contribution is -2.38. The Morgan fingerprint density at radius 2 is 2.05 bits per heavy atom. The van der Waals surface area contributed by atoms with E-state index >= 15 is 0 Å². The summed E-state index contributed by atoms with van der Waals surface area (Å²) in [7, 11) is 0. The van der Waals surface area contributed by atoms with E-state index in [0.717, 1.165) is 5.56 Å². The van der Waals surface area contributed by atoms with Gasteiger partial charge >= 0.3 is 0 Å². The maximum Gasteiger partial charge on any atom is 0.143 e. The van der Waals surface area contributed by atoms with E-state index in [-0.39, 0.29) is 22.5 Å². The molecule has 1 heterocycles. The zero-order chi connectivity index (χ0) is 14.5. The molecule has 0 aliphatic rings. The maximum atomic E-state index is 13.9. The van der Waals surface area contributed by atoms with Crippen LogP contribution >= 0.6 is 15.9 Å². The van der Waals surface area contributed by atoms with Crippen LogP contribution in [0.5, 0.6) is 0 Å². The van der Waals surface area contributed by atoms with Crippen molar-refractivity contribution in [3.63, 3.8) is 0 Å². The van der Waals surface area contributed by atoms with Gasteiger partial charge in [0.2, 0.25) is 0 Å². The predicted octanol–water partition coefficient (Wildman–Crippen LogP) is 2.74. The molecule has 0 saturated carbocycles. The summed E-state index contributed by atoms with van der Waals surface area (Å²) in [4.78, 5) is 4.00. The van der Waals surface area contributed by atoms with Crippen LogP contribution in [0.3, 0.4) is 0 Å². The summed E-state index contributed by atoms with van der Waals surface area (Å²) < 4.78 is 27.9. The highest BCUT2D eigenvalue weighted by atomic mass is 79.9. The van der Waals surface area contributed by atoms with Crippen molar-refractivity contribution in [3.05, 3.63) is 63.9 Å². The molecule has 0 bridgehead atoms. The Balaban J connectivity index is 2.17. The van der Waals surface area contributed by atoms with Gasteiger partial charge in [0.1, 0.15) is 11.6 Å². The molecule has 1 aromatic carbocycles. The number of hydrazine groups is 1. The van der Waals surface area contributed by atoms with Crippen LogP contribution in [0, 0.1) is 11.6 Å². The molecular formula is C14H14BrF2N3. The van der Waals surface area contributed by atoms with Gasteiger partial charge in [0.05, 0.1) is 4.47 Å². The van der Waals surface area contributed by atoms with Crippen molar-refractivity contribution in [2.75, 3.05) is 0 Å². The number of hydrogen-bond acceptors (Lipinski definition) is 3. The van der Waals surface area contributed by atoms with E-state index in [1.807, 2.05) is 12.1 Å². The number of hydrogen-bond donors (Lipinski definition) is 2. The fourth-order valence-electron chi connectivity index (χ4n) is 2.00. The van der Waals surface area contributed by atoms with Gasteiger partial charge < -0.3 is 0 Å². The van der Waals surface area contributed by atoms with Crippen LogP contribution in [0.4, 0.5) is 8.78 Å². The predicted molar refractivity (Wildman–Crippen MR) is 76.8 cm³/mol. The van der Waals surface area contributed by atoms with Crippen LogP contribution in [0.2, 0.25) is 0 Å². The lowest BCUT2D eigenvalue weighted by Gasteiger charge is -2.17. The average molecular weight is 342 g/mol. The molecule has 20 heavy (non-hydrogen) atoms. The first-order valence-electron chi connectivity index (χ1n) is 6.09. The molecule has 1 unspecified atom stereocenters. The summed E-state index contributed by atoms with van der Waals surface area (Å²) in [5.74, 6) is 4.32. The first-order valence-corrected chi connectivity index (χ1v) is 6.88. The lowest BCUT2D eigenvalue weighted by atomic mass is 9.99. The standard InChI is InChI=1S/C14H14BrF2N3/c15-12-3-4-13(16)11(14(12)17)7-10(20-18)6-9-2-1-5-19-8-9/h1-5,8,10,20H,6-7,18H2. The molecule has 0 aliphatic carbocycles. The van der Waals surface area contributed by atoms with E-state index in [1.54, 1.807) is 12.4 Å². The highest BCUT2D eigenvalue weighted by molar-refractivity contribution is 9.10. The molecule has 1 aromatic heterocycles. The molecule has 2 aromatic rings. The van der Waals surface area contributed by atoms with Gasteiger partial charge in [0.15, 0.2) is 0 Å². The molecule has 0 radical (unpaired) electrons. The van der Waals surface area contributed by atoms with Gasteiger partial charge in [-0.1, -0.05) is 6.07 Å². The van der Waals surface area contributed by atoms with Crippen molar-refractivity contribution < 1.29 is 8.78 Å². The molecule has 1 atom stereocenters.